The zero-order chi connectivity index (χ0) is 15.9. The zero-order valence-corrected chi connectivity index (χ0v) is 13.2. The van der Waals surface area contributed by atoms with Crippen molar-refractivity contribution in [3.05, 3.63) is 29.8 Å². The van der Waals surface area contributed by atoms with E-state index in [2.05, 4.69) is 0 Å². The molecule has 1 atom stereocenters. The summed E-state index contributed by atoms with van der Waals surface area (Å²) in [5.41, 5.74) is 1.15. The first-order chi connectivity index (χ1) is 10.6. The van der Waals surface area contributed by atoms with Crippen molar-refractivity contribution in [2.75, 3.05) is 26.3 Å². The molecule has 1 saturated heterocycles. The first kappa shape index (κ1) is 16.3. The maximum Gasteiger partial charge on any atom is 0.310 e. The van der Waals surface area contributed by atoms with E-state index in [4.69, 9.17) is 9.47 Å². The van der Waals surface area contributed by atoms with Crippen LogP contribution in [0.1, 0.15) is 25.3 Å². The van der Waals surface area contributed by atoms with Gasteiger partial charge in [-0.05, 0) is 38.8 Å². The molecular formula is C17H23NO4. The second-order valence-electron chi connectivity index (χ2n) is 5.53. The van der Waals surface area contributed by atoms with E-state index in [-0.39, 0.29) is 24.4 Å². The molecule has 1 aromatic carbocycles. The molecule has 22 heavy (non-hydrogen) atoms. The van der Waals surface area contributed by atoms with E-state index in [0.29, 0.717) is 25.4 Å². The number of rotatable bonds is 5. The van der Waals surface area contributed by atoms with E-state index in [1.165, 1.54) is 0 Å². The van der Waals surface area contributed by atoms with Gasteiger partial charge in [0.15, 0.2) is 6.61 Å². The van der Waals surface area contributed by atoms with Gasteiger partial charge in [0.2, 0.25) is 0 Å². The van der Waals surface area contributed by atoms with Gasteiger partial charge in [0.05, 0.1) is 12.5 Å². The third-order valence-electron chi connectivity index (χ3n) is 3.78. The number of benzene rings is 1. The second kappa shape index (κ2) is 7.82. The summed E-state index contributed by atoms with van der Waals surface area (Å²) < 4.78 is 10.6. The minimum absolute atomic E-state index is 0.00138. The lowest BCUT2D eigenvalue weighted by atomic mass is 9.98. The highest BCUT2D eigenvalue weighted by molar-refractivity contribution is 5.79. The van der Waals surface area contributed by atoms with Crippen molar-refractivity contribution in [2.24, 2.45) is 5.92 Å². The van der Waals surface area contributed by atoms with Gasteiger partial charge in [-0.3, -0.25) is 9.59 Å². The highest BCUT2D eigenvalue weighted by Crippen LogP contribution is 2.18. The standard InChI is InChI=1S/C17H23NO4/c1-3-21-17(20)14-5-4-10-18(11-14)16(19)12-22-15-8-6-13(2)7-9-15/h6-9,14H,3-5,10-12H2,1-2H3. The Kier molecular flexibility index (Phi) is 5.81. The number of ether oxygens (including phenoxy) is 2. The molecule has 2 rings (SSSR count). The molecule has 1 aliphatic heterocycles. The van der Waals surface area contributed by atoms with Crippen LogP contribution >= 0.6 is 0 Å². The Hall–Kier alpha value is -2.04. The van der Waals surface area contributed by atoms with Gasteiger partial charge in [-0.2, -0.15) is 0 Å². The number of esters is 1. The van der Waals surface area contributed by atoms with Crippen molar-refractivity contribution in [3.8, 4) is 5.75 Å². The van der Waals surface area contributed by atoms with Crippen molar-refractivity contribution < 1.29 is 19.1 Å². The first-order valence-corrected chi connectivity index (χ1v) is 7.74. The Morgan fingerprint density at radius 2 is 2.00 bits per heavy atom. The van der Waals surface area contributed by atoms with Crippen molar-refractivity contribution in [3.63, 3.8) is 0 Å². The first-order valence-electron chi connectivity index (χ1n) is 7.74. The Balaban J connectivity index is 1.83. The molecule has 1 amide bonds. The number of hydrogen-bond donors (Lipinski definition) is 0. The number of amides is 1. The normalized spacial score (nSPS) is 17.9. The Labute approximate surface area is 131 Å². The molecule has 0 saturated carbocycles. The number of nitrogens with zero attached hydrogens (tertiary/aromatic N) is 1. The van der Waals surface area contributed by atoms with E-state index < -0.39 is 0 Å². The minimum atomic E-state index is -0.211. The molecule has 1 fully saturated rings. The minimum Gasteiger partial charge on any atom is -0.484 e. The van der Waals surface area contributed by atoms with Crippen LogP contribution in [0.5, 0.6) is 5.75 Å². The van der Waals surface area contributed by atoms with E-state index in [1.807, 2.05) is 31.2 Å². The van der Waals surface area contributed by atoms with E-state index in [1.54, 1.807) is 11.8 Å². The summed E-state index contributed by atoms with van der Waals surface area (Å²) in [6.07, 6.45) is 1.60. The lowest BCUT2D eigenvalue weighted by Gasteiger charge is -2.31. The van der Waals surface area contributed by atoms with Gasteiger partial charge < -0.3 is 14.4 Å². The molecule has 0 N–H and O–H groups in total. The molecule has 1 unspecified atom stereocenters. The predicted molar refractivity (Wildman–Crippen MR) is 82.6 cm³/mol. The number of aryl methyl sites for hydroxylation is 1. The Morgan fingerprint density at radius 1 is 1.27 bits per heavy atom. The predicted octanol–water partition coefficient (Wildman–Crippen LogP) is 2.18. The largest absolute Gasteiger partial charge is 0.484 e. The van der Waals surface area contributed by atoms with Crippen LogP contribution in [0.3, 0.4) is 0 Å². The average molecular weight is 305 g/mol. The third kappa shape index (κ3) is 4.48. The number of piperidine rings is 1. The van der Waals surface area contributed by atoms with Crippen molar-refractivity contribution in [1.82, 2.24) is 4.90 Å². The van der Waals surface area contributed by atoms with Crippen LogP contribution in [0.2, 0.25) is 0 Å². The Morgan fingerprint density at radius 3 is 2.68 bits per heavy atom. The summed E-state index contributed by atoms with van der Waals surface area (Å²) in [5.74, 6) is 0.170. The second-order valence-corrected chi connectivity index (χ2v) is 5.53. The quantitative estimate of drug-likeness (QED) is 0.782. The van der Waals surface area contributed by atoms with Crippen LogP contribution in [0.15, 0.2) is 24.3 Å². The summed E-state index contributed by atoms with van der Waals surface area (Å²) in [4.78, 5) is 25.7. The highest BCUT2D eigenvalue weighted by atomic mass is 16.5. The lowest BCUT2D eigenvalue weighted by Crippen LogP contribution is -2.44. The molecule has 0 aromatic heterocycles. The van der Waals surface area contributed by atoms with Crippen LogP contribution in [0, 0.1) is 12.8 Å². The Bertz CT molecular complexity index is 512. The van der Waals surface area contributed by atoms with Crippen LogP contribution < -0.4 is 4.74 Å². The number of likely N-dealkylation sites (tertiary alicyclic amines) is 1. The zero-order valence-electron chi connectivity index (χ0n) is 13.2. The van der Waals surface area contributed by atoms with Gasteiger partial charge >= 0.3 is 5.97 Å². The molecule has 5 heteroatoms. The summed E-state index contributed by atoms with van der Waals surface area (Å²) in [6, 6.07) is 7.58. The molecule has 1 aromatic rings. The molecule has 1 heterocycles. The van der Waals surface area contributed by atoms with Gasteiger partial charge in [0.25, 0.3) is 5.91 Å². The molecule has 120 valence electrons. The maximum atomic E-state index is 12.2. The molecule has 5 nitrogen and oxygen atoms in total. The van der Waals surface area contributed by atoms with Gasteiger partial charge in [0.1, 0.15) is 5.75 Å². The third-order valence-corrected chi connectivity index (χ3v) is 3.78. The van der Waals surface area contributed by atoms with Gasteiger partial charge in [-0.25, -0.2) is 0 Å². The topological polar surface area (TPSA) is 55.8 Å². The smallest absolute Gasteiger partial charge is 0.310 e. The number of carbonyl (C=O) groups excluding carboxylic acids is 2. The number of hydrogen-bond acceptors (Lipinski definition) is 4. The fourth-order valence-corrected chi connectivity index (χ4v) is 2.53. The molecule has 0 aliphatic carbocycles. The molecule has 0 radical (unpaired) electrons. The van der Waals surface area contributed by atoms with Gasteiger partial charge in [-0.15, -0.1) is 0 Å². The molecular weight excluding hydrogens is 282 g/mol. The molecule has 1 aliphatic rings. The summed E-state index contributed by atoms with van der Waals surface area (Å²) in [6.45, 7) is 5.26. The van der Waals surface area contributed by atoms with Crippen LogP contribution in [0.25, 0.3) is 0 Å². The van der Waals surface area contributed by atoms with E-state index in [0.717, 1.165) is 18.4 Å². The lowest BCUT2D eigenvalue weighted by molar-refractivity contribution is -0.151. The van der Waals surface area contributed by atoms with Crippen molar-refractivity contribution in [1.29, 1.82) is 0 Å². The molecule has 0 spiro atoms. The average Bonchev–Trinajstić information content (AvgIpc) is 2.54. The fraction of sp³-hybridized carbons (Fsp3) is 0.529. The van der Waals surface area contributed by atoms with Gasteiger partial charge in [0, 0.05) is 13.1 Å². The van der Waals surface area contributed by atoms with Crippen molar-refractivity contribution in [2.45, 2.75) is 26.7 Å². The monoisotopic (exact) mass is 305 g/mol. The summed E-state index contributed by atoms with van der Waals surface area (Å²) >= 11 is 0. The maximum absolute atomic E-state index is 12.2. The van der Waals surface area contributed by atoms with Crippen LogP contribution in [-0.2, 0) is 14.3 Å². The highest BCUT2D eigenvalue weighted by Gasteiger charge is 2.29. The van der Waals surface area contributed by atoms with Crippen molar-refractivity contribution >= 4 is 11.9 Å². The fourth-order valence-electron chi connectivity index (χ4n) is 2.53. The SMILES string of the molecule is CCOC(=O)C1CCCN(C(=O)COc2ccc(C)cc2)C1. The van der Waals surface area contributed by atoms with Gasteiger partial charge in [-0.1, -0.05) is 17.7 Å². The molecule has 0 bridgehead atoms. The van der Waals surface area contributed by atoms with E-state index >= 15 is 0 Å². The van der Waals surface area contributed by atoms with E-state index in [9.17, 15) is 9.59 Å². The van der Waals surface area contributed by atoms with Crippen LogP contribution in [0.4, 0.5) is 0 Å². The summed E-state index contributed by atoms with van der Waals surface area (Å²) in [7, 11) is 0. The summed E-state index contributed by atoms with van der Waals surface area (Å²) in [5, 5.41) is 0. The van der Waals surface area contributed by atoms with Crippen LogP contribution in [-0.4, -0.2) is 43.1 Å². The number of carbonyl (C=O) groups is 2.